The lowest BCUT2D eigenvalue weighted by molar-refractivity contribution is -0.122. The highest BCUT2D eigenvalue weighted by Crippen LogP contribution is 2.19. The molecule has 0 aliphatic heterocycles. The van der Waals surface area contributed by atoms with E-state index in [4.69, 9.17) is 17.3 Å². The van der Waals surface area contributed by atoms with Crippen LogP contribution in [0.3, 0.4) is 0 Å². The summed E-state index contributed by atoms with van der Waals surface area (Å²) in [4.78, 5) is 23.7. The lowest BCUT2D eigenvalue weighted by Gasteiger charge is -2.27. The number of halogens is 3. The van der Waals surface area contributed by atoms with Crippen LogP contribution in [0.25, 0.3) is 0 Å². The van der Waals surface area contributed by atoms with E-state index in [2.05, 4.69) is 5.32 Å². The van der Waals surface area contributed by atoms with E-state index in [0.29, 0.717) is 6.42 Å². The number of hydrogen-bond donors (Lipinski definition) is 2. The average molecular weight is 305 g/mol. The number of nitrogens with two attached hydrogens (primary N) is 1. The number of amides is 1. The molecule has 0 radical (unpaired) electrons. The molecule has 20 heavy (non-hydrogen) atoms. The zero-order valence-electron chi connectivity index (χ0n) is 11.1. The number of nitrogen functional groups attached to an aromatic ring is 1. The van der Waals surface area contributed by atoms with Crippen molar-refractivity contribution in [3.05, 3.63) is 29.3 Å². The first-order chi connectivity index (χ1) is 9.25. The predicted octanol–water partition coefficient (Wildman–Crippen LogP) is 2.25. The van der Waals surface area contributed by atoms with Gasteiger partial charge in [-0.1, -0.05) is 6.92 Å². The summed E-state index contributed by atoms with van der Waals surface area (Å²) >= 11 is 5.48. The molecule has 0 aliphatic carbocycles. The summed E-state index contributed by atoms with van der Waals surface area (Å²) < 4.78 is 26.6. The molecule has 1 amide bonds. The van der Waals surface area contributed by atoms with Gasteiger partial charge in [-0.2, -0.15) is 0 Å². The van der Waals surface area contributed by atoms with Gasteiger partial charge in [-0.25, -0.2) is 8.78 Å². The Morgan fingerprint density at radius 2 is 1.85 bits per heavy atom. The van der Waals surface area contributed by atoms with E-state index in [1.54, 1.807) is 6.92 Å². The van der Waals surface area contributed by atoms with Crippen LogP contribution in [0, 0.1) is 11.6 Å². The minimum atomic E-state index is -1.19. The third-order valence-corrected chi connectivity index (χ3v) is 3.42. The van der Waals surface area contributed by atoms with Crippen molar-refractivity contribution in [3.8, 4) is 0 Å². The third kappa shape index (κ3) is 3.25. The molecular weight excluding hydrogens is 290 g/mol. The van der Waals surface area contributed by atoms with Crippen LogP contribution in [0.15, 0.2) is 12.1 Å². The Morgan fingerprint density at radius 3 is 2.25 bits per heavy atom. The molecule has 3 N–H and O–H groups in total. The van der Waals surface area contributed by atoms with Gasteiger partial charge in [0.25, 0.3) is 5.91 Å². The quantitative estimate of drug-likeness (QED) is 0.647. The first-order valence-electron chi connectivity index (χ1n) is 5.91. The normalized spacial score (nSPS) is 13.7. The molecule has 1 aromatic carbocycles. The van der Waals surface area contributed by atoms with Gasteiger partial charge in [0.05, 0.1) is 11.4 Å². The summed E-state index contributed by atoms with van der Waals surface area (Å²) in [6, 6.07) is 1.63. The van der Waals surface area contributed by atoms with Gasteiger partial charge in [0, 0.05) is 5.56 Å². The van der Waals surface area contributed by atoms with E-state index in [-0.39, 0.29) is 17.2 Å². The van der Waals surface area contributed by atoms with Crippen LogP contribution in [0.4, 0.5) is 14.5 Å². The molecule has 0 aromatic heterocycles. The number of hydrogen-bond acceptors (Lipinski definition) is 3. The molecule has 7 heteroatoms. The topological polar surface area (TPSA) is 72.2 Å². The van der Waals surface area contributed by atoms with Gasteiger partial charge in [0.15, 0.2) is 5.78 Å². The minimum absolute atomic E-state index is 0.253. The van der Waals surface area contributed by atoms with E-state index in [0.717, 1.165) is 12.1 Å². The molecule has 1 atom stereocenters. The highest BCUT2D eigenvalue weighted by molar-refractivity contribution is 6.29. The number of nitrogens with one attached hydrogen (secondary N) is 1. The van der Waals surface area contributed by atoms with E-state index < -0.39 is 28.8 Å². The largest absolute Gasteiger partial charge is 0.394 e. The number of anilines is 1. The Balaban J connectivity index is 3.05. The maximum atomic E-state index is 13.3. The van der Waals surface area contributed by atoms with E-state index >= 15 is 0 Å². The van der Waals surface area contributed by atoms with Crippen LogP contribution in [0.5, 0.6) is 0 Å². The molecule has 1 rings (SSSR count). The summed E-state index contributed by atoms with van der Waals surface area (Å²) in [6.07, 6.45) is 0.296. The highest BCUT2D eigenvalue weighted by atomic mass is 35.5. The zero-order valence-corrected chi connectivity index (χ0v) is 11.9. The Morgan fingerprint density at radius 1 is 1.35 bits per heavy atom. The van der Waals surface area contributed by atoms with Crippen LogP contribution in [0.2, 0.25) is 0 Å². The van der Waals surface area contributed by atoms with Crippen molar-refractivity contribution < 1.29 is 18.4 Å². The lowest BCUT2D eigenvalue weighted by Crippen LogP contribution is -2.52. The standard InChI is InChI=1S/C13H15ClF2N2O2/c1-3-13(2,10(19)6-14)18-12(20)7-4-8(15)11(17)9(16)5-7/h4-5H,3,6,17H2,1-2H3,(H,18,20). The van der Waals surface area contributed by atoms with Gasteiger partial charge in [0.1, 0.15) is 17.3 Å². The number of carbonyl (C=O) groups excluding carboxylic acids is 2. The van der Waals surface area contributed by atoms with Gasteiger partial charge in [-0.15, -0.1) is 11.6 Å². The molecule has 1 unspecified atom stereocenters. The minimum Gasteiger partial charge on any atom is -0.394 e. The molecule has 0 heterocycles. The van der Waals surface area contributed by atoms with Crippen molar-refractivity contribution in [1.29, 1.82) is 0 Å². The number of carbonyl (C=O) groups is 2. The number of Topliss-reactive ketones (excluding diaryl/α,β-unsaturated/α-hetero) is 1. The number of alkyl halides is 1. The fraction of sp³-hybridized carbons (Fsp3) is 0.385. The molecule has 0 spiro atoms. The molecule has 0 fully saturated rings. The summed E-state index contributed by atoms with van der Waals surface area (Å²) in [6.45, 7) is 3.19. The fourth-order valence-corrected chi connectivity index (χ4v) is 1.84. The van der Waals surface area contributed by atoms with Crippen molar-refractivity contribution in [1.82, 2.24) is 5.32 Å². The predicted molar refractivity (Wildman–Crippen MR) is 72.7 cm³/mol. The van der Waals surface area contributed by atoms with Crippen molar-refractivity contribution in [2.45, 2.75) is 25.8 Å². The van der Waals surface area contributed by atoms with Crippen molar-refractivity contribution in [2.24, 2.45) is 0 Å². The van der Waals surface area contributed by atoms with Gasteiger partial charge in [-0.3, -0.25) is 9.59 Å². The van der Waals surface area contributed by atoms with Gasteiger partial charge >= 0.3 is 0 Å². The number of ketones is 1. The van der Waals surface area contributed by atoms with E-state index in [9.17, 15) is 18.4 Å². The van der Waals surface area contributed by atoms with Gasteiger partial charge in [-0.05, 0) is 25.5 Å². The number of rotatable bonds is 5. The molecule has 1 aromatic rings. The Labute approximate surface area is 120 Å². The van der Waals surface area contributed by atoms with Crippen LogP contribution >= 0.6 is 11.6 Å². The van der Waals surface area contributed by atoms with Crippen LogP contribution in [0.1, 0.15) is 30.6 Å². The Kier molecular flexibility index (Phi) is 5.05. The molecule has 4 nitrogen and oxygen atoms in total. The van der Waals surface area contributed by atoms with Gasteiger partial charge < -0.3 is 11.1 Å². The smallest absolute Gasteiger partial charge is 0.252 e. The van der Waals surface area contributed by atoms with Crippen LogP contribution < -0.4 is 11.1 Å². The summed E-state index contributed by atoms with van der Waals surface area (Å²) in [5, 5.41) is 2.44. The van der Waals surface area contributed by atoms with Crippen molar-refractivity contribution in [2.75, 3.05) is 11.6 Å². The maximum Gasteiger partial charge on any atom is 0.252 e. The fourth-order valence-electron chi connectivity index (χ4n) is 1.54. The summed E-state index contributed by atoms with van der Waals surface area (Å²) in [5.41, 5.74) is 3.02. The molecular formula is C13H15ClF2N2O2. The number of benzene rings is 1. The first kappa shape index (κ1) is 16.4. The molecule has 0 saturated carbocycles. The van der Waals surface area contributed by atoms with Crippen molar-refractivity contribution >= 4 is 29.0 Å². The Hall–Kier alpha value is -1.69. The molecule has 0 saturated heterocycles. The summed E-state index contributed by atoms with van der Waals surface area (Å²) in [5.74, 6) is -3.49. The SMILES string of the molecule is CCC(C)(NC(=O)c1cc(F)c(N)c(F)c1)C(=O)CCl. The summed E-state index contributed by atoms with van der Waals surface area (Å²) in [7, 11) is 0. The van der Waals surface area contributed by atoms with Crippen LogP contribution in [-0.4, -0.2) is 23.1 Å². The average Bonchev–Trinajstić information content (AvgIpc) is 2.42. The molecule has 110 valence electrons. The highest BCUT2D eigenvalue weighted by Gasteiger charge is 2.32. The first-order valence-corrected chi connectivity index (χ1v) is 6.45. The van der Waals surface area contributed by atoms with E-state index in [1.807, 2.05) is 0 Å². The second-order valence-corrected chi connectivity index (χ2v) is 4.82. The van der Waals surface area contributed by atoms with Crippen molar-refractivity contribution in [3.63, 3.8) is 0 Å². The van der Waals surface area contributed by atoms with Gasteiger partial charge in [0.2, 0.25) is 0 Å². The zero-order chi connectivity index (χ0) is 15.5. The molecule has 0 aliphatic rings. The monoisotopic (exact) mass is 304 g/mol. The second-order valence-electron chi connectivity index (χ2n) is 4.55. The second kappa shape index (κ2) is 6.17. The third-order valence-electron chi connectivity index (χ3n) is 3.17. The maximum absolute atomic E-state index is 13.3. The Bertz CT molecular complexity index is 528. The molecule has 0 bridgehead atoms. The van der Waals surface area contributed by atoms with E-state index in [1.165, 1.54) is 6.92 Å². The van der Waals surface area contributed by atoms with Crippen LogP contribution in [-0.2, 0) is 4.79 Å². The lowest BCUT2D eigenvalue weighted by atomic mass is 9.93.